The molecule has 3 fully saturated rings. The van der Waals surface area contributed by atoms with Gasteiger partial charge < -0.3 is 5.73 Å². The first-order chi connectivity index (χ1) is 13.3. The van der Waals surface area contributed by atoms with Crippen molar-refractivity contribution in [3.05, 3.63) is 12.2 Å². The lowest BCUT2D eigenvalue weighted by atomic mass is 9.46. The molecule has 0 saturated heterocycles. The molecule has 3 saturated carbocycles. The van der Waals surface area contributed by atoms with Crippen molar-refractivity contribution >= 4 is 0 Å². The summed E-state index contributed by atoms with van der Waals surface area (Å²) in [6, 6.07) is 0.440. The third kappa shape index (κ3) is 3.42. The van der Waals surface area contributed by atoms with E-state index in [0.717, 1.165) is 41.4 Å². The zero-order chi connectivity index (χ0) is 20.1. The highest BCUT2D eigenvalue weighted by molar-refractivity contribution is 5.18. The van der Waals surface area contributed by atoms with Crippen LogP contribution in [-0.2, 0) is 0 Å². The molecule has 0 bridgehead atoms. The highest BCUT2D eigenvalue weighted by Gasteiger charge is 2.59. The van der Waals surface area contributed by atoms with Crippen LogP contribution in [0.4, 0.5) is 0 Å². The predicted octanol–water partition coefficient (Wildman–Crippen LogP) is 7.21. The molecule has 1 unspecified atom stereocenters. The van der Waals surface area contributed by atoms with Gasteiger partial charge in [-0.15, -0.1) is 0 Å². The average Bonchev–Trinajstić information content (AvgIpc) is 2.99. The Morgan fingerprint density at radius 3 is 2.36 bits per heavy atom. The Labute approximate surface area is 175 Å². The highest BCUT2D eigenvalue weighted by atomic mass is 14.7. The summed E-state index contributed by atoms with van der Waals surface area (Å²) in [6.07, 6.45) is 19.4. The molecule has 9 atom stereocenters. The van der Waals surface area contributed by atoms with Crippen molar-refractivity contribution < 1.29 is 0 Å². The molecule has 0 spiro atoms. The molecule has 4 aliphatic carbocycles. The third-order valence-electron chi connectivity index (χ3n) is 10.4. The first-order valence-corrected chi connectivity index (χ1v) is 12.7. The van der Waals surface area contributed by atoms with E-state index < -0.39 is 0 Å². The Bertz CT molecular complexity index is 579. The second-order valence-corrected chi connectivity index (χ2v) is 12.4. The van der Waals surface area contributed by atoms with Crippen molar-refractivity contribution in [3.63, 3.8) is 0 Å². The fourth-order valence-corrected chi connectivity index (χ4v) is 8.67. The third-order valence-corrected chi connectivity index (χ3v) is 10.4. The summed E-state index contributed by atoms with van der Waals surface area (Å²) in [5.41, 5.74) is 7.47. The van der Waals surface area contributed by atoms with Crippen molar-refractivity contribution in [1.29, 1.82) is 0 Å². The van der Waals surface area contributed by atoms with Gasteiger partial charge >= 0.3 is 0 Å². The standard InChI is InChI=1S/C27H47N/c1-18(2)7-6-8-19(3)23-11-12-24-22-10-9-20-17-21(28)13-15-26(20,4)25(22)14-16-27(23,24)5/h9-10,18-25H,6-8,11-17,28H2,1-5H3/t19-,20+,21?,22+,23-,24+,25+,26+,27-/m1/s1. The number of fused-ring (bicyclic) bond motifs is 5. The fourth-order valence-electron chi connectivity index (χ4n) is 8.67. The zero-order valence-electron chi connectivity index (χ0n) is 19.4. The molecule has 0 heterocycles. The topological polar surface area (TPSA) is 26.0 Å². The van der Waals surface area contributed by atoms with Crippen molar-refractivity contribution in [3.8, 4) is 0 Å². The number of nitrogens with two attached hydrogens (primary N) is 1. The Hall–Kier alpha value is -0.300. The fraction of sp³-hybridized carbons (Fsp3) is 0.926. The van der Waals surface area contributed by atoms with E-state index in [0.29, 0.717) is 16.9 Å². The number of rotatable bonds is 5. The molecular weight excluding hydrogens is 338 g/mol. The van der Waals surface area contributed by atoms with Crippen LogP contribution in [-0.4, -0.2) is 6.04 Å². The minimum atomic E-state index is 0.440. The molecular formula is C27H47N. The minimum Gasteiger partial charge on any atom is -0.328 e. The normalized spacial score (nSPS) is 48.8. The van der Waals surface area contributed by atoms with E-state index in [2.05, 4.69) is 46.8 Å². The lowest BCUT2D eigenvalue weighted by Crippen LogP contribution is -2.53. The first kappa shape index (κ1) is 21.0. The van der Waals surface area contributed by atoms with E-state index in [9.17, 15) is 0 Å². The maximum absolute atomic E-state index is 6.35. The molecule has 0 aromatic rings. The van der Waals surface area contributed by atoms with Gasteiger partial charge in [0.25, 0.3) is 0 Å². The van der Waals surface area contributed by atoms with Crippen LogP contribution in [0.5, 0.6) is 0 Å². The lowest BCUT2D eigenvalue weighted by Gasteiger charge is -2.59. The first-order valence-electron chi connectivity index (χ1n) is 12.7. The summed E-state index contributed by atoms with van der Waals surface area (Å²) in [5.74, 6) is 6.19. The summed E-state index contributed by atoms with van der Waals surface area (Å²) >= 11 is 0. The smallest absolute Gasteiger partial charge is 0.00448 e. The molecule has 1 heteroatoms. The van der Waals surface area contributed by atoms with Crippen LogP contribution in [0, 0.1) is 52.3 Å². The molecule has 2 N–H and O–H groups in total. The molecule has 0 amide bonds. The van der Waals surface area contributed by atoms with Gasteiger partial charge in [0, 0.05) is 6.04 Å². The highest BCUT2D eigenvalue weighted by Crippen LogP contribution is 2.66. The predicted molar refractivity (Wildman–Crippen MR) is 121 cm³/mol. The summed E-state index contributed by atoms with van der Waals surface area (Å²) in [7, 11) is 0. The van der Waals surface area contributed by atoms with Gasteiger partial charge in [-0.2, -0.15) is 0 Å². The van der Waals surface area contributed by atoms with Crippen molar-refractivity contribution in [2.24, 2.45) is 58.0 Å². The Balaban J connectivity index is 1.49. The van der Waals surface area contributed by atoms with Crippen LogP contribution in [0.1, 0.15) is 98.8 Å². The molecule has 4 aliphatic rings. The second-order valence-electron chi connectivity index (χ2n) is 12.4. The number of hydrogen-bond donors (Lipinski definition) is 1. The Morgan fingerprint density at radius 2 is 1.61 bits per heavy atom. The molecule has 160 valence electrons. The molecule has 1 nitrogen and oxygen atoms in total. The summed E-state index contributed by atoms with van der Waals surface area (Å²) in [6.45, 7) is 12.7. The van der Waals surface area contributed by atoms with E-state index >= 15 is 0 Å². The van der Waals surface area contributed by atoms with Crippen LogP contribution >= 0.6 is 0 Å². The van der Waals surface area contributed by atoms with Crippen LogP contribution in [0.25, 0.3) is 0 Å². The summed E-state index contributed by atoms with van der Waals surface area (Å²) in [4.78, 5) is 0. The Kier molecular flexibility index (Phi) is 5.80. The molecule has 28 heavy (non-hydrogen) atoms. The van der Waals surface area contributed by atoms with Crippen molar-refractivity contribution in [2.75, 3.05) is 0 Å². The van der Waals surface area contributed by atoms with Gasteiger partial charge in [-0.1, -0.05) is 66.0 Å². The van der Waals surface area contributed by atoms with Gasteiger partial charge in [-0.25, -0.2) is 0 Å². The zero-order valence-corrected chi connectivity index (χ0v) is 19.4. The average molecular weight is 386 g/mol. The van der Waals surface area contributed by atoms with Gasteiger partial charge in [0.15, 0.2) is 0 Å². The second kappa shape index (κ2) is 7.75. The van der Waals surface area contributed by atoms with Gasteiger partial charge in [-0.05, 0) is 97.2 Å². The summed E-state index contributed by atoms with van der Waals surface area (Å²) < 4.78 is 0. The maximum atomic E-state index is 6.35. The maximum Gasteiger partial charge on any atom is 0.00448 e. The monoisotopic (exact) mass is 385 g/mol. The van der Waals surface area contributed by atoms with E-state index in [4.69, 9.17) is 5.73 Å². The number of hydrogen-bond acceptors (Lipinski definition) is 1. The number of allylic oxidation sites excluding steroid dienone is 2. The minimum absolute atomic E-state index is 0.440. The Morgan fingerprint density at radius 1 is 0.893 bits per heavy atom. The summed E-state index contributed by atoms with van der Waals surface area (Å²) in [5, 5.41) is 0. The molecule has 0 aliphatic heterocycles. The molecule has 0 radical (unpaired) electrons. The van der Waals surface area contributed by atoms with Gasteiger partial charge in [-0.3, -0.25) is 0 Å². The van der Waals surface area contributed by atoms with E-state index in [1.165, 1.54) is 64.2 Å². The largest absolute Gasteiger partial charge is 0.328 e. The van der Waals surface area contributed by atoms with Crippen LogP contribution in [0.2, 0.25) is 0 Å². The van der Waals surface area contributed by atoms with Crippen molar-refractivity contribution in [2.45, 2.75) is 105 Å². The SMILES string of the molecule is CC(C)CCC[C@@H](C)[C@H]1CC[C@H]2[C@@H]3C=C[C@H]4CC(N)CC[C@]4(C)[C@H]3CC[C@]12C. The van der Waals surface area contributed by atoms with E-state index in [1.54, 1.807) is 0 Å². The quantitative estimate of drug-likeness (QED) is 0.497. The van der Waals surface area contributed by atoms with Gasteiger partial charge in [0.05, 0.1) is 0 Å². The molecule has 0 aromatic heterocycles. The van der Waals surface area contributed by atoms with Gasteiger partial charge in [0.1, 0.15) is 0 Å². The van der Waals surface area contributed by atoms with Crippen LogP contribution in [0.15, 0.2) is 12.2 Å². The molecule has 4 rings (SSSR count). The van der Waals surface area contributed by atoms with Crippen LogP contribution in [0.3, 0.4) is 0 Å². The van der Waals surface area contributed by atoms with E-state index in [-0.39, 0.29) is 0 Å². The van der Waals surface area contributed by atoms with Crippen LogP contribution < -0.4 is 5.73 Å². The molecule has 0 aromatic carbocycles. The van der Waals surface area contributed by atoms with Gasteiger partial charge in [0.2, 0.25) is 0 Å². The van der Waals surface area contributed by atoms with E-state index in [1.807, 2.05) is 0 Å². The van der Waals surface area contributed by atoms with Crippen molar-refractivity contribution in [1.82, 2.24) is 0 Å². The lowest BCUT2D eigenvalue weighted by molar-refractivity contribution is -0.0665.